The molecule has 10 heteroatoms. The first-order chi connectivity index (χ1) is 16.2. The molecule has 1 aliphatic heterocycles. The molecule has 2 aromatic rings. The molecule has 0 unspecified atom stereocenters. The fourth-order valence-corrected chi connectivity index (χ4v) is 4.54. The average molecular weight is 487 g/mol. The van der Waals surface area contributed by atoms with Crippen LogP contribution in [-0.4, -0.2) is 54.3 Å². The molecule has 1 N–H and O–H groups in total. The number of fused-ring (bicyclic) bond motifs is 1. The summed E-state index contributed by atoms with van der Waals surface area (Å²) >= 11 is 1.23. The lowest BCUT2D eigenvalue weighted by atomic mass is 10.1. The van der Waals surface area contributed by atoms with E-state index in [0.29, 0.717) is 23.5 Å². The maximum absolute atomic E-state index is 12.6. The van der Waals surface area contributed by atoms with Gasteiger partial charge < -0.3 is 14.8 Å². The van der Waals surface area contributed by atoms with Gasteiger partial charge in [-0.2, -0.15) is 0 Å². The Balaban J connectivity index is 1.66. The Morgan fingerprint density at radius 1 is 1.00 bits per heavy atom. The van der Waals surface area contributed by atoms with Gasteiger partial charge in [-0.05, 0) is 51.0 Å². The third-order valence-electron chi connectivity index (χ3n) is 5.39. The largest absolute Gasteiger partial charge is 0.462 e. The molecule has 0 saturated carbocycles. The van der Waals surface area contributed by atoms with Gasteiger partial charge in [0.05, 0.1) is 28.9 Å². The van der Waals surface area contributed by atoms with Crippen molar-refractivity contribution < 1.29 is 33.4 Å². The van der Waals surface area contributed by atoms with E-state index in [2.05, 4.69) is 5.32 Å². The molecule has 0 bridgehead atoms. The maximum Gasteiger partial charge on any atom is 0.341 e. The molecular formula is C24H26N2O7S. The van der Waals surface area contributed by atoms with E-state index < -0.39 is 30.4 Å². The highest BCUT2D eigenvalue weighted by molar-refractivity contribution is 7.16. The van der Waals surface area contributed by atoms with Gasteiger partial charge >= 0.3 is 11.9 Å². The number of esters is 2. The molecule has 1 aromatic carbocycles. The van der Waals surface area contributed by atoms with E-state index in [0.717, 1.165) is 11.3 Å². The molecular weight excluding hydrogens is 460 g/mol. The van der Waals surface area contributed by atoms with Crippen molar-refractivity contribution in [1.82, 2.24) is 4.90 Å². The summed E-state index contributed by atoms with van der Waals surface area (Å²) in [6.07, 6.45) is 1.52. The third-order valence-corrected chi connectivity index (χ3v) is 6.52. The quantitative estimate of drug-likeness (QED) is 0.424. The Bertz CT molecular complexity index is 1170. The van der Waals surface area contributed by atoms with Crippen LogP contribution in [0.15, 0.2) is 18.2 Å². The molecule has 2 heterocycles. The van der Waals surface area contributed by atoms with Gasteiger partial charge in [0.25, 0.3) is 17.7 Å². The molecule has 9 nitrogen and oxygen atoms in total. The zero-order valence-electron chi connectivity index (χ0n) is 19.5. The Kier molecular flexibility index (Phi) is 7.83. The van der Waals surface area contributed by atoms with Crippen LogP contribution in [0.1, 0.15) is 78.6 Å². The monoisotopic (exact) mass is 486 g/mol. The van der Waals surface area contributed by atoms with Crippen LogP contribution in [0.4, 0.5) is 5.00 Å². The van der Waals surface area contributed by atoms with E-state index in [9.17, 15) is 24.0 Å². The van der Waals surface area contributed by atoms with Crippen molar-refractivity contribution in [2.75, 3.05) is 25.1 Å². The van der Waals surface area contributed by atoms with E-state index in [1.54, 1.807) is 13.8 Å². The summed E-state index contributed by atoms with van der Waals surface area (Å²) in [5, 5.41) is 2.92. The summed E-state index contributed by atoms with van der Waals surface area (Å²) in [6.45, 7) is 7.15. The molecule has 0 saturated heterocycles. The molecule has 3 amide bonds. The number of hydrogen-bond donors (Lipinski definition) is 1. The molecule has 180 valence electrons. The predicted molar refractivity (Wildman–Crippen MR) is 125 cm³/mol. The first-order valence-electron chi connectivity index (χ1n) is 10.9. The van der Waals surface area contributed by atoms with E-state index >= 15 is 0 Å². The van der Waals surface area contributed by atoms with Gasteiger partial charge in [-0.3, -0.25) is 19.3 Å². The number of nitrogens with zero attached hydrogens (tertiary/aromatic N) is 1. The Labute approximate surface area is 201 Å². The van der Waals surface area contributed by atoms with Crippen molar-refractivity contribution in [3.63, 3.8) is 0 Å². The lowest BCUT2D eigenvalue weighted by molar-refractivity contribution is -0.119. The number of carbonyl (C=O) groups is 5. The summed E-state index contributed by atoms with van der Waals surface area (Å²) in [5.41, 5.74) is 1.42. The van der Waals surface area contributed by atoms with E-state index in [1.807, 2.05) is 13.8 Å². The number of anilines is 1. The SMILES string of the molecule is CCCCN1C(=O)c2ccc(C(=O)OCC(=O)Nc3sc(C)c(C)c3C(=O)OCC)cc2C1=O. The van der Waals surface area contributed by atoms with Gasteiger partial charge in [0.1, 0.15) is 5.00 Å². The minimum absolute atomic E-state index is 0.0556. The highest BCUT2D eigenvalue weighted by Gasteiger charge is 2.35. The molecule has 0 atom stereocenters. The standard InChI is InChI=1S/C24H26N2O7S/c1-5-7-10-26-21(28)16-9-8-15(11-17(16)22(26)29)23(30)33-12-18(27)25-20-19(24(31)32-6-2)13(3)14(4)34-20/h8-9,11H,5-7,10,12H2,1-4H3,(H,25,27). The second-order valence-electron chi connectivity index (χ2n) is 7.71. The van der Waals surface area contributed by atoms with Crippen LogP contribution in [0.25, 0.3) is 0 Å². The number of aryl methyl sites for hydroxylation is 1. The molecule has 0 fully saturated rings. The minimum atomic E-state index is -0.811. The van der Waals surface area contributed by atoms with Gasteiger partial charge in [-0.25, -0.2) is 9.59 Å². The Morgan fingerprint density at radius 3 is 2.38 bits per heavy atom. The average Bonchev–Trinajstić information content (AvgIpc) is 3.22. The first-order valence-corrected chi connectivity index (χ1v) is 11.8. The first kappa shape index (κ1) is 25.1. The molecule has 0 spiro atoms. The number of imide groups is 1. The lowest BCUT2D eigenvalue weighted by Crippen LogP contribution is -2.30. The van der Waals surface area contributed by atoms with Crippen molar-refractivity contribution >= 4 is 46.0 Å². The molecule has 0 aliphatic carbocycles. The molecule has 0 radical (unpaired) electrons. The normalized spacial score (nSPS) is 12.5. The summed E-state index contributed by atoms with van der Waals surface area (Å²) in [7, 11) is 0. The van der Waals surface area contributed by atoms with Crippen LogP contribution in [0.3, 0.4) is 0 Å². The zero-order valence-corrected chi connectivity index (χ0v) is 20.3. The van der Waals surface area contributed by atoms with Crippen LogP contribution >= 0.6 is 11.3 Å². The highest BCUT2D eigenvalue weighted by Crippen LogP contribution is 2.33. The maximum atomic E-state index is 12.6. The highest BCUT2D eigenvalue weighted by atomic mass is 32.1. The predicted octanol–water partition coefficient (Wildman–Crippen LogP) is 3.73. The van der Waals surface area contributed by atoms with Gasteiger partial charge in [0, 0.05) is 11.4 Å². The fourth-order valence-electron chi connectivity index (χ4n) is 3.48. The molecule has 3 rings (SSSR count). The molecule has 1 aliphatic rings. The second kappa shape index (κ2) is 10.6. The van der Waals surface area contributed by atoms with Crippen LogP contribution in [0.5, 0.6) is 0 Å². The van der Waals surface area contributed by atoms with Gasteiger partial charge in [0.15, 0.2) is 6.61 Å². The number of hydrogen-bond acceptors (Lipinski definition) is 8. The number of ether oxygens (including phenoxy) is 2. The number of rotatable bonds is 9. The summed E-state index contributed by atoms with van der Waals surface area (Å²) < 4.78 is 10.1. The number of benzene rings is 1. The van der Waals surface area contributed by atoms with E-state index in [1.165, 1.54) is 34.4 Å². The summed E-state index contributed by atoms with van der Waals surface area (Å²) in [4.78, 5) is 64.1. The van der Waals surface area contributed by atoms with Crippen molar-refractivity contribution in [1.29, 1.82) is 0 Å². The van der Waals surface area contributed by atoms with Gasteiger partial charge in [0.2, 0.25) is 0 Å². The van der Waals surface area contributed by atoms with Crippen LogP contribution < -0.4 is 5.32 Å². The number of thiophene rings is 1. The third kappa shape index (κ3) is 5.01. The summed E-state index contributed by atoms with van der Waals surface area (Å²) in [5.74, 6) is -2.81. The van der Waals surface area contributed by atoms with E-state index in [4.69, 9.17) is 9.47 Å². The van der Waals surface area contributed by atoms with Crippen LogP contribution in [0, 0.1) is 13.8 Å². The van der Waals surface area contributed by atoms with Gasteiger partial charge in [-0.1, -0.05) is 13.3 Å². The van der Waals surface area contributed by atoms with Crippen LogP contribution in [0.2, 0.25) is 0 Å². The smallest absolute Gasteiger partial charge is 0.341 e. The van der Waals surface area contributed by atoms with Crippen molar-refractivity contribution in [3.8, 4) is 0 Å². The van der Waals surface area contributed by atoms with Crippen molar-refractivity contribution in [3.05, 3.63) is 50.9 Å². The van der Waals surface area contributed by atoms with E-state index in [-0.39, 0.29) is 34.8 Å². The number of unbranched alkanes of at least 4 members (excludes halogenated alkanes) is 1. The number of carbonyl (C=O) groups excluding carboxylic acids is 5. The zero-order chi connectivity index (χ0) is 25.0. The summed E-state index contributed by atoms with van der Waals surface area (Å²) in [6, 6.07) is 4.12. The second-order valence-corrected chi connectivity index (χ2v) is 8.93. The molecule has 34 heavy (non-hydrogen) atoms. The Hall–Kier alpha value is -3.53. The van der Waals surface area contributed by atoms with Crippen molar-refractivity contribution in [2.24, 2.45) is 0 Å². The van der Waals surface area contributed by atoms with Gasteiger partial charge in [-0.15, -0.1) is 11.3 Å². The number of nitrogens with one attached hydrogen (secondary N) is 1. The van der Waals surface area contributed by atoms with Crippen molar-refractivity contribution in [2.45, 2.75) is 40.5 Å². The molecule has 1 aromatic heterocycles. The number of amides is 3. The minimum Gasteiger partial charge on any atom is -0.462 e. The lowest BCUT2D eigenvalue weighted by Gasteiger charge is -2.12. The van der Waals surface area contributed by atoms with Crippen LogP contribution in [-0.2, 0) is 14.3 Å². The Morgan fingerprint density at radius 2 is 1.71 bits per heavy atom. The fraction of sp³-hybridized carbons (Fsp3) is 0.375. The topological polar surface area (TPSA) is 119 Å².